The van der Waals surface area contributed by atoms with Crippen molar-refractivity contribution in [3.63, 3.8) is 0 Å². The van der Waals surface area contributed by atoms with Crippen LogP contribution in [-0.4, -0.2) is 19.2 Å². The van der Waals surface area contributed by atoms with E-state index in [0.29, 0.717) is 23.7 Å². The Labute approximate surface area is 149 Å². The smallest absolute Gasteiger partial charge is 0.308 e. The molecule has 0 N–H and O–H groups in total. The van der Waals surface area contributed by atoms with Gasteiger partial charge < -0.3 is 13.9 Å². The van der Waals surface area contributed by atoms with E-state index < -0.39 is 0 Å². The molecule has 0 radical (unpaired) electrons. The second-order valence-electron chi connectivity index (χ2n) is 8.74. The fourth-order valence-electron chi connectivity index (χ4n) is 7.32. The van der Waals surface area contributed by atoms with Crippen molar-refractivity contribution in [1.29, 1.82) is 0 Å². The van der Waals surface area contributed by atoms with Crippen LogP contribution in [0.15, 0.2) is 16.7 Å². The molecule has 8 unspecified atom stereocenters. The number of methoxy groups -OCH3 is 1. The van der Waals surface area contributed by atoms with Crippen LogP contribution in [0.2, 0.25) is 0 Å². The summed E-state index contributed by atoms with van der Waals surface area (Å²) in [6.45, 7) is 4.59. The van der Waals surface area contributed by atoms with Gasteiger partial charge in [0.1, 0.15) is 11.9 Å². The number of carbonyl (C=O) groups is 1. The van der Waals surface area contributed by atoms with Gasteiger partial charge in [-0.1, -0.05) is 13.3 Å². The molecule has 8 atom stereocenters. The highest BCUT2D eigenvalue weighted by molar-refractivity contribution is 5.73. The number of ether oxygens (including phenoxy) is 2. The zero-order valence-electron chi connectivity index (χ0n) is 15.4. The summed E-state index contributed by atoms with van der Waals surface area (Å²) in [6.07, 6.45) is 7.61. The van der Waals surface area contributed by atoms with Gasteiger partial charge in [-0.05, 0) is 62.0 Å². The van der Waals surface area contributed by atoms with Crippen molar-refractivity contribution in [1.82, 2.24) is 0 Å². The maximum atomic E-state index is 12.5. The van der Waals surface area contributed by atoms with E-state index in [1.165, 1.54) is 25.5 Å². The molecule has 136 valence electrons. The standard InChI is InChI=1S/C21H28O4/c1-11-13-6-7-16-15(20(22)23-3)5-4-9-21(16)12(2)25-19(17(13)21)18-14(11)8-10-24-18/h8,10-13,15-17,19H,4-7,9H2,1-3H3. The van der Waals surface area contributed by atoms with E-state index in [0.717, 1.165) is 25.0 Å². The van der Waals surface area contributed by atoms with Gasteiger partial charge >= 0.3 is 5.97 Å². The lowest BCUT2D eigenvalue weighted by atomic mass is 9.45. The van der Waals surface area contributed by atoms with Gasteiger partial charge in [-0.2, -0.15) is 0 Å². The third-order valence-corrected chi connectivity index (χ3v) is 8.25. The molecular formula is C21H28O4. The van der Waals surface area contributed by atoms with Gasteiger partial charge in [-0.15, -0.1) is 0 Å². The van der Waals surface area contributed by atoms with Crippen molar-refractivity contribution >= 4 is 5.97 Å². The molecule has 1 spiro atoms. The number of carbonyl (C=O) groups excluding carboxylic acids is 1. The number of rotatable bonds is 1. The van der Waals surface area contributed by atoms with Crippen LogP contribution in [0.25, 0.3) is 0 Å². The molecule has 2 saturated carbocycles. The molecule has 1 aromatic rings. The number of hydrogen-bond donors (Lipinski definition) is 0. The van der Waals surface area contributed by atoms with Crippen molar-refractivity contribution in [2.75, 3.05) is 7.11 Å². The highest BCUT2D eigenvalue weighted by Gasteiger charge is 2.68. The molecule has 1 saturated heterocycles. The van der Waals surface area contributed by atoms with E-state index >= 15 is 0 Å². The van der Waals surface area contributed by atoms with Crippen molar-refractivity contribution in [3.8, 4) is 0 Å². The molecule has 0 amide bonds. The van der Waals surface area contributed by atoms with Gasteiger partial charge in [0, 0.05) is 11.3 Å². The van der Waals surface area contributed by atoms with Crippen LogP contribution < -0.4 is 0 Å². The van der Waals surface area contributed by atoms with Crippen molar-refractivity contribution in [2.45, 2.75) is 64.1 Å². The summed E-state index contributed by atoms with van der Waals surface area (Å²) in [5, 5.41) is 0. The highest BCUT2D eigenvalue weighted by Crippen LogP contribution is 2.71. The molecule has 25 heavy (non-hydrogen) atoms. The number of hydrogen-bond acceptors (Lipinski definition) is 4. The molecule has 4 nitrogen and oxygen atoms in total. The number of fused-ring (bicyclic) bond motifs is 2. The van der Waals surface area contributed by atoms with Crippen LogP contribution in [0.4, 0.5) is 0 Å². The first-order valence-corrected chi connectivity index (χ1v) is 9.90. The van der Waals surface area contributed by atoms with Crippen LogP contribution in [0, 0.1) is 29.1 Å². The monoisotopic (exact) mass is 344 g/mol. The Morgan fingerprint density at radius 1 is 1.28 bits per heavy atom. The number of esters is 1. The summed E-state index contributed by atoms with van der Waals surface area (Å²) < 4.78 is 17.7. The fraction of sp³-hybridized carbons (Fsp3) is 0.762. The maximum Gasteiger partial charge on any atom is 0.308 e. The van der Waals surface area contributed by atoms with Crippen molar-refractivity contribution in [3.05, 3.63) is 23.7 Å². The van der Waals surface area contributed by atoms with Crippen LogP contribution in [0.5, 0.6) is 0 Å². The predicted octanol–water partition coefficient (Wildman–Crippen LogP) is 4.46. The zero-order chi connectivity index (χ0) is 17.3. The van der Waals surface area contributed by atoms with Gasteiger partial charge in [0.2, 0.25) is 0 Å². The first-order chi connectivity index (χ1) is 12.1. The van der Waals surface area contributed by atoms with E-state index in [-0.39, 0.29) is 29.5 Å². The van der Waals surface area contributed by atoms with Gasteiger partial charge in [0.15, 0.2) is 0 Å². The summed E-state index contributed by atoms with van der Waals surface area (Å²) in [5.41, 5.74) is 1.44. The normalized spacial score (nSPS) is 47.6. The highest BCUT2D eigenvalue weighted by atomic mass is 16.5. The Morgan fingerprint density at radius 3 is 2.92 bits per heavy atom. The summed E-state index contributed by atoms with van der Waals surface area (Å²) in [6, 6.07) is 2.14. The molecule has 5 rings (SSSR count). The summed E-state index contributed by atoms with van der Waals surface area (Å²) in [5.74, 6) is 3.09. The van der Waals surface area contributed by atoms with E-state index in [9.17, 15) is 4.79 Å². The van der Waals surface area contributed by atoms with Crippen LogP contribution in [0.1, 0.15) is 69.3 Å². The summed E-state index contributed by atoms with van der Waals surface area (Å²) in [7, 11) is 1.53. The molecule has 3 aliphatic carbocycles. The topological polar surface area (TPSA) is 48.7 Å². The van der Waals surface area contributed by atoms with Gasteiger partial charge in [-0.3, -0.25) is 4.79 Å². The summed E-state index contributed by atoms with van der Waals surface area (Å²) in [4.78, 5) is 12.5. The molecular weight excluding hydrogens is 316 g/mol. The SMILES string of the molecule is COC(=O)C1CCCC23C(C)OC4c5occc5C(C)C(CCC12)C43. The predicted molar refractivity (Wildman–Crippen MR) is 91.9 cm³/mol. The third-order valence-electron chi connectivity index (χ3n) is 8.25. The first-order valence-electron chi connectivity index (χ1n) is 9.90. The molecule has 1 aliphatic heterocycles. The van der Waals surface area contributed by atoms with E-state index in [4.69, 9.17) is 13.9 Å². The quantitative estimate of drug-likeness (QED) is 0.706. The molecule has 3 fully saturated rings. The molecule has 0 bridgehead atoms. The first kappa shape index (κ1) is 15.9. The Bertz CT molecular complexity index is 694. The Balaban J connectivity index is 1.63. The Morgan fingerprint density at radius 2 is 2.12 bits per heavy atom. The van der Waals surface area contributed by atoms with E-state index in [2.05, 4.69) is 19.9 Å². The fourth-order valence-corrected chi connectivity index (χ4v) is 7.32. The van der Waals surface area contributed by atoms with Crippen LogP contribution >= 0.6 is 0 Å². The van der Waals surface area contributed by atoms with Gasteiger partial charge in [-0.25, -0.2) is 0 Å². The Hall–Kier alpha value is -1.29. The minimum Gasteiger partial charge on any atom is -0.469 e. The van der Waals surface area contributed by atoms with Gasteiger partial charge in [0.25, 0.3) is 0 Å². The minimum atomic E-state index is -0.0132. The second-order valence-corrected chi connectivity index (χ2v) is 8.74. The Kier molecular flexibility index (Phi) is 3.41. The molecule has 0 aromatic carbocycles. The van der Waals surface area contributed by atoms with Crippen molar-refractivity contribution in [2.24, 2.45) is 29.1 Å². The molecule has 4 heteroatoms. The molecule has 1 aromatic heterocycles. The third kappa shape index (κ3) is 1.84. The maximum absolute atomic E-state index is 12.5. The van der Waals surface area contributed by atoms with Crippen molar-refractivity contribution < 1.29 is 18.7 Å². The second kappa shape index (κ2) is 5.35. The average molecular weight is 344 g/mol. The summed E-state index contributed by atoms with van der Waals surface area (Å²) >= 11 is 0. The van der Waals surface area contributed by atoms with Crippen LogP contribution in [0.3, 0.4) is 0 Å². The van der Waals surface area contributed by atoms with E-state index in [1.807, 2.05) is 6.26 Å². The lowest BCUT2D eigenvalue weighted by Crippen LogP contribution is -2.55. The molecule has 4 aliphatic rings. The molecule has 2 heterocycles. The lowest BCUT2D eigenvalue weighted by Gasteiger charge is -2.57. The zero-order valence-corrected chi connectivity index (χ0v) is 15.4. The largest absolute Gasteiger partial charge is 0.469 e. The van der Waals surface area contributed by atoms with E-state index in [1.54, 1.807) is 0 Å². The minimum absolute atomic E-state index is 0.0132. The van der Waals surface area contributed by atoms with Crippen LogP contribution in [-0.2, 0) is 14.3 Å². The lowest BCUT2D eigenvalue weighted by molar-refractivity contribution is -0.159. The average Bonchev–Trinajstić information content (AvgIpc) is 3.22. The number of furan rings is 1. The van der Waals surface area contributed by atoms with Gasteiger partial charge in [0.05, 0.1) is 25.4 Å².